The topological polar surface area (TPSA) is 60.2 Å². The van der Waals surface area contributed by atoms with E-state index in [1.807, 2.05) is 0 Å². The zero-order valence-electron chi connectivity index (χ0n) is 14.3. The smallest absolute Gasteiger partial charge is 0.244 e. The van der Waals surface area contributed by atoms with Crippen LogP contribution in [0.3, 0.4) is 0 Å². The molecule has 5 heteroatoms. The molecule has 2 atom stereocenters. The maximum absolute atomic E-state index is 6.03. The van der Waals surface area contributed by atoms with E-state index in [-0.39, 0.29) is 12.1 Å². The normalized spacial score (nSPS) is 19.0. The Morgan fingerprint density at radius 1 is 1.35 bits per heavy atom. The van der Waals surface area contributed by atoms with E-state index < -0.39 is 0 Å². The fourth-order valence-corrected chi connectivity index (χ4v) is 2.94. The van der Waals surface area contributed by atoms with Gasteiger partial charge in [0.2, 0.25) is 11.7 Å². The van der Waals surface area contributed by atoms with Gasteiger partial charge >= 0.3 is 0 Å². The largest absolute Gasteiger partial charge is 0.490 e. The van der Waals surface area contributed by atoms with Gasteiger partial charge in [-0.05, 0) is 69.8 Å². The van der Waals surface area contributed by atoms with Crippen molar-refractivity contribution in [1.29, 1.82) is 0 Å². The van der Waals surface area contributed by atoms with Gasteiger partial charge in [-0.25, -0.2) is 0 Å². The number of aromatic nitrogens is 2. The van der Waals surface area contributed by atoms with Crippen molar-refractivity contribution >= 4 is 0 Å². The summed E-state index contributed by atoms with van der Waals surface area (Å²) in [5, 5.41) is 7.53. The van der Waals surface area contributed by atoms with Crippen LogP contribution in [0.25, 0.3) is 11.4 Å². The van der Waals surface area contributed by atoms with Crippen LogP contribution in [-0.2, 0) is 0 Å². The molecule has 0 unspecified atom stereocenters. The molecule has 5 nitrogen and oxygen atoms in total. The van der Waals surface area contributed by atoms with Crippen LogP contribution in [0.15, 0.2) is 16.7 Å². The van der Waals surface area contributed by atoms with Crippen LogP contribution in [0.4, 0.5) is 0 Å². The van der Waals surface area contributed by atoms with Crippen molar-refractivity contribution in [3.05, 3.63) is 29.2 Å². The van der Waals surface area contributed by atoms with E-state index in [9.17, 15) is 0 Å². The minimum Gasteiger partial charge on any atom is -0.490 e. The van der Waals surface area contributed by atoms with Crippen molar-refractivity contribution < 1.29 is 9.26 Å². The standard InChI is InChI=1S/C18H25N3O2/c1-5-13(4)22-16-11(2)9-14(10-12(16)3)17-20-18(23-21-17)15-7-6-8-19-15/h9-10,13,15,19H,5-8H2,1-4H3/t13-,15+/m0/s1. The fourth-order valence-electron chi connectivity index (χ4n) is 2.94. The van der Waals surface area contributed by atoms with Crippen molar-refractivity contribution in [1.82, 2.24) is 15.5 Å². The van der Waals surface area contributed by atoms with Gasteiger partial charge in [0, 0.05) is 5.56 Å². The lowest BCUT2D eigenvalue weighted by atomic mass is 10.0. The van der Waals surface area contributed by atoms with Gasteiger partial charge in [-0.3, -0.25) is 0 Å². The van der Waals surface area contributed by atoms with E-state index in [4.69, 9.17) is 9.26 Å². The average Bonchev–Trinajstić information content (AvgIpc) is 3.20. The van der Waals surface area contributed by atoms with Crippen molar-refractivity contribution in [3.8, 4) is 17.1 Å². The minimum atomic E-state index is 0.200. The van der Waals surface area contributed by atoms with Crippen molar-refractivity contribution in [2.24, 2.45) is 0 Å². The molecule has 23 heavy (non-hydrogen) atoms. The van der Waals surface area contributed by atoms with Crippen LogP contribution in [0.2, 0.25) is 0 Å². The van der Waals surface area contributed by atoms with Gasteiger partial charge in [0.25, 0.3) is 0 Å². The van der Waals surface area contributed by atoms with Crippen LogP contribution < -0.4 is 10.1 Å². The fraction of sp³-hybridized carbons (Fsp3) is 0.556. The maximum atomic E-state index is 6.03. The summed E-state index contributed by atoms with van der Waals surface area (Å²) in [5.74, 6) is 2.30. The molecule has 2 heterocycles. The number of aryl methyl sites for hydroxylation is 2. The second-order valence-electron chi connectivity index (χ2n) is 6.38. The zero-order valence-corrected chi connectivity index (χ0v) is 14.3. The van der Waals surface area contributed by atoms with Crippen LogP contribution in [0.1, 0.15) is 56.2 Å². The second kappa shape index (κ2) is 6.71. The first-order chi connectivity index (χ1) is 11.1. The van der Waals surface area contributed by atoms with Gasteiger partial charge in [-0.2, -0.15) is 4.98 Å². The van der Waals surface area contributed by atoms with Crippen LogP contribution in [0, 0.1) is 13.8 Å². The lowest BCUT2D eigenvalue weighted by Gasteiger charge is -2.17. The van der Waals surface area contributed by atoms with Gasteiger partial charge < -0.3 is 14.6 Å². The van der Waals surface area contributed by atoms with E-state index in [2.05, 4.69) is 55.3 Å². The van der Waals surface area contributed by atoms with Gasteiger partial charge in [-0.1, -0.05) is 12.1 Å². The third-order valence-corrected chi connectivity index (χ3v) is 4.41. The predicted molar refractivity (Wildman–Crippen MR) is 89.6 cm³/mol. The second-order valence-corrected chi connectivity index (χ2v) is 6.38. The number of nitrogens with zero attached hydrogens (tertiary/aromatic N) is 2. The van der Waals surface area contributed by atoms with Crippen molar-refractivity contribution in [2.75, 3.05) is 6.54 Å². The molecule has 0 radical (unpaired) electrons. The third-order valence-electron chi connectivity index (χ3n) is 4.41. The lowest BCUT2D eigenvalue weighted by Crippen LogP contribution is -2.13. The number of hydrogen-bond donors (Lipinski definition) is 1. The molecule has 1 aliphatic heterocycles. The van der Waals surface area contributed by atoms with Crippen LogP contribution in [-0.4, -0.2) is 22.8 Å². The zero-order chi connectivity index (χ0) is 16.4. The molecular formula is C18H25N3O2. The molecule has 0 bridgehead atoms. The van der Waals surface area contributed by atoms with Gasteiger partial charge in [0.05, 0.1) is 12.1 Å². The summed E-state index contributed by atoms with van der Waals surface area (Å²) in [6, 6.07) is 4.34. The van der Waals surface area contributed by atoms with E-state index in [1.165, 1.54) is 0 Å². The Kier molecular flexibility index (Phi) is 4.66. The first-order valence-electron chi connectivity index (χ1n) is 8.43. The summed E-state index contributed by atoms with van der Waals surface area (Å²) in [5.41, 5.74) is 3.18. The first kappa shape index (κ1) is 16.0. The highest BCUT2D eigenvalue weighted by Gasteiger charge is 2.23. The Labute approximate surface area is 137 Å². The van der Waals surface area contributed by atoms with Crippen molar-refractivity contribution in [2.45, 2.75) is 59.1 Å². The molecule has 1 aromatic carbocycles. The summed E-state index contributed by atoms with van der Waals surface area (Å²) in [7, 11) is 0. The average molecular weight is 315 g/mol. The highest BCUT2D eigenvalue weighted by atomic mass is 16.5. The molecule has 1 fully saturated rings. The molecule has 1 aliphatic rings. The van der Waals surface area contributed by atoms with Gasteiger partial charge in [-0.15, -0.1) is 0 Å². The van der Waals surface area contributed by atoms with Gasteiger partial charge in [0.1, 0.15) is 5.75 Å². The highest BCUT2D eigenvalue weighted by Crippen LogP contribution is 2.31. The predicted octanol–water partition coefficient (Wildman–Crippen LogP) is 3.96. The molecule has 1 aromatic heterocycles. The lowest BCUT2D eigenvalue weighted by molar-refractivity contribution is 0.214. The summed E-state index contributed by atoms with van der Waals surface area (Å²) < 4.78 is 11.5. The molecule has 1 N–H and O–H groups in total. The molecular weight excluding hydrogens is 290 g/mol. The Balaban J connectivity index is 1.86. The van der Waals surface area contributed by atoms with Crippen LogP contribution in [0.5, 0.6) is 5.75 Å². The molecule has 0 aliphatic carbocycles. The summed E-state index contributed by atoms with van der Waals surface area (Å²) in [6.07, 6.45) is 3.41. The minimum absolute atomic E-state index is 0.200. The van der Waals surface area contributed by atoms with E-state index in [0.717, 1.165) is 48.2 Å². The van der Waals surface area contributed by atoms with E-state index >= 15 is 0 Å². The van der Waals surface area contributed by atoms with Gasteiger partial charge in [0.15, 0.2) is 0 Å². The van der Waals surface area contributed by atoms with E-state index in [0.29, 0.717) is 11.7 Å². The molecule has 124 valence electrons. The quantitative estimate of drug-likeness (QED) is 0.905. The van der Waals surface area contributed by atoms with E-state index in [1.54, 1.807) is 0 Å². The summed E-state index contributed by atoms with van der Waals surface area (Å²) in [6.45, 7) is 9.36. The van der Waals surface area contributed by atoms with Crippen LogP contribution >= 0.6 is 0 Å². The summed E-state index contributed by atoms with van der Waals surface area (Å²) in [4.78, 5) is 4.57. The third kappa shape index (κ3) is 3.39. The monoisotopic (exact) mass is 315 g/mol. The molecule has 0 amide bonds. The number of hydrogen-bond acceptors (Lipinski definition) is 5. The molecule has 0 spiro atoms. The molecule has 0 saturated carbocycles. The number of nitrogens with one attached hydrogen (secondary N) is 1. The Bertz CT molecular complexity index is 652. The van der Waals surface area contributed by atoms with Crippen molar-refractivity contribution in [3.63, 3.8) is 0 Å². The molecule has 3 rings (SSSR count). The molecule has 2 aromatic rings. The Morgan fingerprint density at radius 3 is 2.70 bits per heavy atom. The Morgan fingerprint density at radius 2 is 2.09 bits per heavy atom. The SMILES string of the molecule is CC[C@H](C)Oc1c(C)cc(-c2noc([C@H]3CCCN3)n2)cc1C. The first-order valence-corrected chi connectivity index (χ1v) is 8.43. The number of benzene rings is 1. The highest BCUT2D eigenvalue weighted by molar-refractivity contribution is 5.61. The number of rotatable bonds is 5. The Hall–Kier alpha value is -1.88. The number of ether oxygens (including phenoxy) is 1. The maximum Gasteiger partial charge on any atom is 0.244 e. The summed E-state index contributed by atoms with van der Waals surface area (Å²) >= 11 is 0. The molecule has 1 saturated heterocycles.